The fourth-order valence-electron chi connectivity index (χ4n) is 3.41. The Morgan fingerprint density at radius 3 is 2.69 bits per heavy atom. The molecule has 2 N–H and O–H groups in total. The third-order valence-electron chi connectivity index (χ3n) is 5.08. The molecule has 3 rings (SSSR count). The molecule has 2 aromatic rings. The summed E-state index contributed by atoms with van der Waals surface area (Å²) < 4.78 is 20.0. The number of rotatable bonds is 8. The number of halogens is 1. The Kier molecular flexibility index (Phi) is 7.48. The van der Waals surface area contributed by atoms with E-state index in [-0.39, 0.29) is 24.1 Å². The molecule has 1 fully saturated rings. The van der Waals surface area contributed by atoms with Crippen LogP contribution in [0, 0.1) is 11.7 Å². The topological polar surface area (TPSA) is 87.6 Å². The van der Waals surface area contributed by atoms with Crippen LogP contribution in [-0.2, 0) is 11.4 Å². The predicted octanol–water partition coefficient (Wildman–Crippen LogP) is 2.00. The number of aliphatic hydroxyl groups excluding tert-OH is 1. The van der Waals surface area contributed by atoms with Crippen LogP contribution in [0.25, 0.3) is 11.1 Å². The first-order valence-electron chi connectivity index (χ1n) is 9.93. The van der Waals surface area contributed by atoms with Crippen molar-refractivity contribution in [3.05, 3.63) is 42.0 Å². The summed E-state index contributed by atoms with van der Waals surface area (Å²) >= 11 is 0. The van der Waals surface area contributed by atoms with Crippen molar-refractivity contribution in [1.29, 1.82) is 0 Å². The number of likely N-dealkylation sites (N-methyl/N-ethyl adjacent to an activating group) is 1. The third-order valence-corrected chi connectivity index (χ3v) is 5.08. The maximum absolute atomic E-state index is 14.3. The zero-order chi connectivity index (χ0) is 20.6. The van der Waals surface area contributed by atoms with Crippen LogP contribution in [0.2, 0.25) is 0 Å². The van der Waals surface area contributed by atoms with Crippen LogP contribution in [0.3, 0.4) is 0 Å². The molecule has 0 unspecified atom stereocenters. The molecule has 1 aliphatic rings. The molecule has 0 atom stereocenters. The Bertz CT molecular complexity index is 808. The number of ether oxygens (including phenoxy) is 1. The Hall–Kier alpha value is -2.58. The summed E-state index contributed by atoms with van der Waals surface area (Å²) in [6, 6.07) is 5.12. The van der Waals surface area contributed by atoms with Crippen LogP contribution in [0.15, 0.2) is 30.6 Å². The van der Waals surface area contributed by atoms with E-state index in [1.165, 1.54) is 12.4 Å². The van der Waals surface area contributed by atoms with Crippen molar-refractivity contribution in [2.45, 2.75) is 26.4 Å². The van der Waals surface area contributed by atoms with Crippen LogP contribution in [0.4, 0.5) is 4.39 Å². The fraction of sp³-hybridized carbons (Fsp3) is 0.476. The van der Waals surface area contributed by atoms with Gasteiger partial charge in [-0.1, -0.05) is 18.2 Å². The van der Waals surface area contributed by atoms with E-state index in [4.69, 9.17) is 4.74 Å². The summed E-state index contributed by atoms with van der Waals surface area (Å²) in [5, 5.41) is 12.0. The van der Waals surface area contributed by atoms with Crippen LogP contribution in [0.1, 0.15) is 25.3 Å². The SMILES string of the molecule is CCNC(=O)CN1CCC(COc2ncc(-c3cccc(CO)c3F)cn2)CC1. The molecular formula is C21H27FN4O3. The van der Waals surface area contributed by atoms with E-state index in [2.05, 4.69) is 20.2 Å². The van der Waals surface area contributed by atoms with E-state index in [0.717, 1.165) is 25.9 Å². The lowest BCUT2D eigenvalue weighted by Crippen LogP contribution is -2.42. The van der Waals surface area contributed by atoms with Crippen molar-refractivity contribution in [3.8, 4) is 17.1 Å². The first-order chi connectivity index (χ1) is 14.1. The summed E-state index contributed by atoms with van der Waals surface area (Å²) in [6.07, 6.45) is 4.96. The van der Waals surface area contributed by atoms with Crippen molar-refractivity contribution in [1.82, 2.24) is 20.2 Å². The molecule has 0 saturated carbocycles. The molecule has 0 aliphatic carbocycles. The monoisotopic (exact) mass is 402 g/mol. The predicted molar refractivity (Wildman–Crippen MR) is 107 cm³/mol. The van der Waals surface area contributed by atoms with Crippen LogP contribution >= 0.6 is 0 Å². The number of hydrogen-bond donors (Lipinski definition) is 2. The Labute approximate surface area is 169 Å². The van der Waals surface area contributed by atoms with Gasteiger partial charge in [0.2, 0.25) is 5.91 Å². The Balaban J connectivity index is 1.48. The van der Waals surface area contributed by atoms with E-state index < -0.39 is 5.82 Å². The number of carbonyl (C=O) groups excluding carboxylic acids is 1. The minimum absolute atomic E-state index is 0.0663. The fourth-order valence-corrected chi connectivity index (χ4v) is 3.41. The van der Waals surface area contributed by atoms with Gasteiger partial charge in [0, 0.05) is 35.6 Å². The maximum Gasteiger partial charge on any atom is 0.316 e. The van der Waals surface area contributed by atoms with Gasteiger partial charge in [0.1, 0.15) is 5.82 Å². The van der Waals surface area contributed by atoms with Crippen molar-refractivity contribution in [3.63, 3.8) is 0 Å². The van der Waals surface area contributed by atoms with Crippen molar-refractivity contribution >= 4 is 5.91 Å². The molecule has 2 heterocycles. The second-order valence-corrected chi connectivity index (χ2v) is 7.18. The molecule has 1 saturated heterocycles. The number of nitrogens with zero attached hydrogens (tertiary/aromatic N) is 3. The smallest absolute Gasteiger partial charge is 0.316 e. The highest BCUT2D eigenvalue weighted by molar-refractivity contribution is 5.77. The molecule has 1 aliphatic heterocycles. The van der Waals surface area contributed by atoms with Gasteiger partial charge in [-0.05, 0) is 38.8 Å². The van der Waals surface area contributed by atoms with Gasteiger partial charge in [0.15, 0.2) is 0 Å². The summed E-state index contributed by atoms with van der Waals surface area (Å²) in [4.78, 5) is 22.2. The second-order valence-electron chi connectivity index (χ2n) is 7.18. The molecule has 0 spiro atoms. The summed E-state index contributed by atoms with van der Waals surface area (Å²) in [5.74, 6) is -0.00857. The maximum atomic E-state index is 14.3. The number of aliphatic hydroxyl groups is 1. The number of nitrogens with one attached hydrogen (secondary N) is 1. The van der Waals surface area contributed by atoms with Crippen LogP contribution in [0.5, 0.6) is 6.01 Å². The molecule has 1 aromatic carbocycles. The number of amides is 1. The number of piperidine rings is 1. The van der Waals surface area contributed by atoms with Gasteiger partial charge in [0.25, 0.3) is 0 Å². The number of carbonyl (C=O) groups is 1. The first kappa shape index (κ1) is 21.1. The molecule has 7 nitrogen and oxygen atoms in total. The Morgan fingerprint density at radius 2 is 2.03 bits per heavy atom. The quantitative estimate of drug-likeness (QED) is 0.702. The lowest BCUT2D eigenvalue weighted by Gasteiger charge is -2.31. The normalized spacial score (nSPS) is 15.3. The van der Waals surface area contributed by atoms with Gasteiger partial charge in [0.05, 0.1) is 19.8 Å². The van der Waals surface area contributed by atoms with E-state index >= 15 is 0 Å². The standard InChI is InChI=1S/C21H27FN4O3/c1-2-23-19(28)12-26-8-6-15(7-9-26)14-29-21-24-10-17(11-25-21)18-5-3-4-16(13-27)20(18)22/h3-5,10-11,15,27H,2,6-9,12-14H2,1H3,(H,23,28). The minimum atomic E-state index is -0.466. The van der Waals surface area contributed by atoms with Gasteiger partial charge in [-0.2, -0.15) is 0 Å². The van der Waals surface area contributed by atoms with E-state index in [1.54, 1.807) is 18.2 Å². The zero-order valence-electron chi connectivity index (χ0n) is 16.6. The highest BCUT2D eigenvalue weighted by Gasteiger charge is 2.21. The van der Waals surface area contributed by atoms with Crippen LogP contribution in [-0.4, -0.2) is 58.7 Å². The zero-order valence-corrected chi connectivity index (χ0v) is 16.6. The second kappa shape index (κ2) is 10.3. The largest absolute Gasteiger partial charge is 0.463 e. The molecule has 0 bridgehead atoms. The average molecular weight is 402 g/mol. The number of aromatic nitrogens is 2. The molecular weight excluding hydrogens is 375 g/mol. The van der Waals surface area contributed by atoms with Crippen molar-refractivity contribution < 1.29 is 19.0 Å². The van der Waals surface area contributed by atoms with Crippen molar-refractivity contribution in [2.24, 2.45) is 5.92 Å². The highest BCUT2D eigenvalue weighted by atomic mass is 19.1. The highest BCUT2D eigenvalue weighted by Crippen LogP contribution is 2.25. The third kappa shape index (κ3) is 5.71. The lowest BCUT2D eigenvalue weighted by molar-refractivity contribution is -0.122. The first-order valence-corrected chi connectivity index (χ1v) is 9.93. The minimum Gasteiger partial charge on any atom is -0.463 e. The van der Waals surface area contributed by atoms with Crippen molar-refractivity contribution in [2.75, 3.05) is 32.8 Å². The Morgan fingerprint density at radius 1 is 1.31 bits per heavy atom. The molecule has 29 heavy (non-hydrogen) atoms. The number of hydrogen-bond acceptors (Lipinski definition) is 6. The average Bonchev–Trinajstić information content (AvgIpc) is 2.74. The van der Waals surface area contributed by atoms with E-state index in [1.807, 2.05) is 6.92 Å². The van der Waals surface area contributed by atoms with E-state index in [9.17, 15) is 14.3 Å². The van der Waals surface area contributed by atoms with Gasteiger partial charge < -0.3 is 15.2 Å². The lowest BCUT2D eigenvalue weighted by atomic mass is 9.98. The summed E-state index contributed by atoms with van der Waals surface area (Å²) in [7, 11) is 0. The number of likely N-dealkylation sites (tertiary alicyclic amines) is 1. The van der Waals surface area contributed by atoms with Crippen LogP contribution < -0.4 is 10.1 Å². The summed E-state index contributed by atoms with van der Waals surface area (Å²) in [6.45, 7) is 4.91. The molecule has 0 radical (unpaired) electrons. The van der Waals surface area contributed by atoms with Gasteiger partial charge in [-0.3, -0.25) is 9.69 Å². The molecule has 156 valence electrons. The number of benzene rings is 1. The summed E-state index contributed by atoms with van der Waals surface area (Å²) in [5.41, 5.74) is 1.12. The molecule has 1 amide bonds. The van der Waals surface area contributed by atoms with Gasteiger partial charge in [-0.25, -0.2) is 14.4 Å². The van der Waals surface area contributed by atoms with Gasteiger partial charge >= 0.3 is 6.01 Å². The molecule has 1 aromatic heterocycles. The van der Waals surface area contributed by atoms with E-state index in [0.29, 0.717) is 36.7 Å². The van der Waals surface area contributed by atoms with Gasteiger partial charge in [-0.15, -0.1) is 0 Å². The molecule has 8 heteroatoms.